The molecule has 0 unspecified atom stereocenters. The van der Waals surface area contributed by atoms with E-state index in [4.69, 9.17) is 9.47 Å². The summed E-state index contributed by atoms with van der Waals surface area (Å²) in [7, 11) is 1.31. The Bertz CT molecular complexity index is 434. The van der Waals surface area contributed by atoms with E-state index < -0.39 is 17.6 Å². The first-order valence-electron chi connectivity index (χ1n) is 7.04. The van der Waals surface area contributed by atoms with Gasteiger partial charge in [-0.3, -0.25) is 9.59 Å². The monoisotopic (exact) mass is 281 g/mol. The van der Waals surface area contributed by atoms with Crippen LogP contribution in [0.25, 0.3) is 0 Å². The molecule has 5 nitrogen and oxygen atoms in total. The molecule has 0 N–H and O–H groups in total. The number of fused-ring (bicyclic) bond motifs is 1. The fourth-order valence-electron chi connectivity index (χ4n) is 3.44. The Morgan fingerprint density at radius 1 is 1.65 bits per heavy atom. The minimum absolute atomic E-state index is 0.00877. The van der Waals surface area contributed by atoms with E-state index in [1.807, 2.05) is 6.92 Å². The van der Waals surface area contributed by atoms with E-state index in [1.165, 1.54) is 7.11 Å². The van der Waals surface area contributed by atoms with Crippen LogP contribution in [-0.4, -0.2) is 42.3 Å². The second-order valence-corrected chi connectivity index (χ2v) is 6.02. The topological polar surface area (TPSA) is 55.8 Å². The Morgan fingerprint density at radius 2 is 2.30 bits per heavy atom. The molecule has 0 aromatic carbocycles. The molecule has 2 aliphatic rings. The molecule has 2 heterocycles. The highest BCUT2D eigenvalue weighted by atomic mass is 16.5. The molecular weight excluding hydrogens is 258 g/mol. The van der Waals surface area contributed by atoms with E-state index >= 15 is 0 Å². The van der Waals surface area contributed by atoms with Crippen molar-refractivity contribution < 1.29 is 19.1 Å². The fourth-order valence-corrected chi connectivity index (χ4v) is 3.44. The molecule has 0 saturated carbocycles. The highest BCUT2D eigenvalue weighted by Gasteiger charge is 2.64. The van der Waals surface area contributed by atoms with Gasteiger partial charge in [0, 0.05) is 5.92 Å². The van der Waals surface area contributed by atoms with Gasteiger partial charge in [0.25, 0.3) is 0 Å². The van der Waals surface area contributed by atoms with Gasteiger partial charge in [0.1, 0.15) is 11.6 Å². The molecule has 1 amide bonds. The number of rotatable bonds is 4. The SMILES string of the molecule is C=CC[C@@H]1[C@@H](C(=O)OC)C(=O)N2[C@@H](C(C)C)CO[C@]12C. The zero-order valence-electron chi connectivity index (χ0n) is 12.6. The third-order valence-electron chi connectivity index (χ3n) is 4.60. The molecule has 0 aromatic heterocycles. The Kier molecular flexibility index (Phi) is 3.91. The van der Waals surface area contributed by atoms with Crippen molar-refractivity contribution in [2.45, 2.75) is 39.0 Å². The number of carbonyl (C=O) groups excluding carboxylic acids is 2. The van der Waals surface area contributed by atoms with Gasteiger partial charge < -0.3 is 14.4 Å². The number of ether oxygens (including phenoxy) is 2. The summed E-state index contributed by atoms with van der Waals surface area (Å²) < 4.78 is 10.8. The van der Waals surface area contributed by atoms with E-state index in [9.17, 15) is 9.59 Å². The number of amides is 1. The first-order chi connectivity index (χ1) is 9.38. The number of hydrogen-bond donors (Lipinski definition) is 0. The smallest absolute Gasteiger partial charge is 0.318 e. The maximum atomic E-state index is 12.7. The highest BCUT2D eigenvalue weighted by Crippen LogP contribution is 2.48. The molecule has 2 rings (SSSR count). The van der Waals surface area contributed by atoms with E-state index in [1.54, 1.807) is 11.0 Å². The zero-order chi connectivity index (χ0) is 15.1. The molecule has 0 spiro atoms. The van der Waals surface area contributed by atoms with Crippen LogP contribution in [0.5, 0.6) is 0 Å². The zero-order valence-corrected chi connectivity index (χ0v) is 12.6. The van der Waals surface area contributed by atoms with Gasteiger partial charge in [-0.1, -0.05) is 19.9 Å². The fraction of sp³-hybridized carbons (Fsp3) is 0.733. The number of allylic oxidation sites excluding steroid dienone is 1. The van der Waals surface area contributed by atoms with Gasteiger partial charge in [0.05, 0.1) is 19.8 Å². The normalized spacial score (nSPS) is 36.4. The van der Waals surface area contributed by atoms with Gasteiger partial charge in [-0.2, -0.15) is 0 Å². The molecule has 2 saturated heterocycles. The van der Waals surface area contributed by atoms with Crippen molar-refractivity contribution in [3.8, 4) is 0 Å². The summed E-state index contributed by atoms with van der Waals surface area (Å²) in [5.41, 5.74) is -0.737. The second kappa shape index (κ2) is 5.20. The summed E-state index contributed by atoms with van der Waals surface area (Å²) >= 11 is 0. The Labute approximate surface area is 119 Å². The van der Waals surface area contributed by atoms with Crippen molar-refractivity contribution in [1.82, 2.24) is 4.90 Å². The van der Waals surface area contributed by atoms with Crippen LogP contribution < -0.4 is 0 Å². The van der Waals surface area contributed by atoms with Gasteiger partial charge in [-0.05, 0) is 19.3 Å². The van der Waals surface area contributed by atoms with Crippen LogP contribution in [0.3, 0.4) is 0 Å². The predicted octanol–water partition coefficient (Wildman–Crippen LogP) is 1.58. The average molecular weight is 281 g/mol. The average Bonchev–Trinajstić information content (AvgIpc) is 2.84. The minimum Gasteiger partial charge on any atom is -0.468 e. The maximum absolute atomic E-state index is 12.7. The molecule has 5 heteroatoms. The molecule has 0 radical (unpaired) electrons. The van der Waals surface area contributed by atoms with Crippen LogP contribution in [0.1, 0.15) is 27.2 Å². The van der Waals surface area contributed by atoms with E-state index in [0.29, 0.717) is 13.0 Å². The number of esters is 1. The number of methoxy groups -OCH3 is 1. The van der Waals surface area contributed by atoms with Crippen molar-refractivity contribution in [3.63, 3.8) is 0 Å². The van der Waals surface area contributed by atoms with Crippen molar-refractivity contribution in [3.05, 3.63) is 12.7 Å². The number of nitrogens with zero attached hydrogens (tertiary/aromatic N) is 1. The molecule has 0 aliphatic carbocycles. The summed E-state index contributed by atoms with van der Waals surface area (Å²) in [4.78, 5) is 26.5. The van der Waals surface area contributed by atoms with Crippen molar-refractivity contribution in [2.75, 3.05) is 13.7 Å². The third kappa shape index (κ3) is 1.95. The van der Waals surface area contributed by atoms with Gasteiger partial charge in [-0.15, -0.1) is 6.58 Å². The minimum atomic E-state index is -0.787. The highest BCUT2D eigenvalue weighted by molar-refractivity contribution is 6.00. The van der Waals surface area contributed by atoms with Crippen LogP contribution in [0.4, 0.5) is 0 Å². The molecule has 2 fully saturated rings. The van der Waals surface area contributed by atoms with Crippen molar-refractivity contribution >= 4 is 11.9 Å². The standard InChI is InChI=1S/C15H23NO4/c1-6-7-10-12(14(18)19-5)13(17)16-11(9(2)3)8-20-15(10,16)4/h6,9-12H,1,7-8H2,2-5H3/t10-,11-,12-,15-/m1/s1. The van der Waals surface area contributed by atoms with Gasteiger partial charge in [-0.25, -0.2) is 0 Å². The molecule has 0 bridgehead atoms. The van der Waals surface area contributed by atoms with Crippen LogP contribution >= 0.6 is 0 Å². The first-order valence-corrected chi connectivity index (χ1v) is 7.04. The Morgan fingerprint density at radius 3 is 2.80 bits per heavy atom. The lowest BCUT2D eigenvalue weighted by Gasteiger charge is -2.34. The Hall–Kier alpha value is -1.36. The van der Waals surface area contributed by atoms with Crippen LogP contribution in [0.2, 0.25) is 0 Å². The molecular formula is C15H23NO4. The Balaban J connectivity index is 2.42. The largest absolute Gasteiger partial charge is 0.468 e. The molecule has 20 heavy (non-hydrogen) atoms. The van der Waals surface area contributed by atoms with E-state index in [-0.39, 0.29) is 23.8 Å². The quantitative estimate of drug-likeness (QED) is 0.446. The van der Waals surface area contributed by atoms with Crippen LogP contribution in [0.15, 0.2) is 12.7 Å². The lowest BCUT2D eigenvalue weighted by molar-refractivity contribution is -0.152. The number of hydrogen-bond acceptors (Lipinski definition) is 4. The predicted molar refractivity (Wildman–Crippen MR) is 73.6 cm³/mol. The third-order valence-corrected chi connectivity index (χ3v) is 4.60. The molecule has 4 atom stereocenters. The summed E-state index contributed by atoms with van der Waals surface area (Å²) in [6.45, 7) is 10.3. The lowest BCUT2D eigenvalue weighted by atomic mass is 9.85. The van der Waals surface area contributed by atoms with Crippen LogP contribution in [0, 0.1) is 17.8 Å². The van der Waals surface area contributed by atoms with Gasteiger partial charge in [0.15, 0.2) is 0 Å². The van der Waals surface area contributed by atoms with Gasteiger partial charge >= 0.3 is 5.97 Å². The van der Waals surface area contributed by atoms with E-state index in [2.05, 4.69) is 20.4 Å². The summed E-state index contributed by atoms with van der Waals surface area (Å²) in [6.07, 6.45) is 2.28. The lowest BCUT2D eigenvalue weighted by Crippen LogP contribution is -2.47. The number of carbonyl (C=O) groups is 2. The second-order valence-electron chi connectivity index (χ2n) is 6.02. The first kappa shape index (κ1) is 15.0. The molecule has 112 valence electrons. The molecule has 2 aliphatic heterocycles. The van der Waals surface area contributed by atoms with Crippen LogP contribution in [-0.2, 0) is 19.1 Å². The van der Waals surface area contributed by atoms with E-state index in [0.717, 1.165) is 0 Å². The summed E-state index contributed by atoms with van der Waals surface area (Å²) in [5.74, 6) is -1.42. The maximum Gasteiger partial charge on any atom is 0.318 e. The molecule has 0 aromatic rings. The van der Waals surface area contributed by atoms with Gasteiger partial charge in [0.2, 0.25) is 5.91 Å². The summed E-state index contributed by atoms with van der Waals surface area (Å²) in [5, 5.41) is 0. The summed E-state index contributed by atoms with van der Waals surface area (Å²) in [6, 6.07) is 0.00877. The van der Waals surface area contributed by atoms with Crippen molar-refractivity contribution in [2.24, 2.45) is 17.8 Å². The van der Waals surface area contributed by atoms with Crippen molar-refractivity contribution in [1.29, 1.82) is 0 Å².